The van der Waals surface area contributed by atoms with Gasteiger partial charge in [0.05, 0.1) is 12.2 Å². The summed E-state index contributed by atoms with van der Waals surface area (Å²) in [7, 11) is -1.72. The van der Waals surface area contributed by atoms with Crippen molar-refractivity contribution in [1.29, 1.82) is 0 Å². The van der Waals surface area contributed by atoms with Crippen LogP contribution in [0.3, 0.4) is 0 Å². The molecular weight excluding hydrogens is 204 g/mol. The molecule has 0 aliphatic heterocycles. The monoisotopic (exact) mass is 230 g/mol. The van der Waals surface area contributed by atoms with Crippen LogP contribution in [0.1, 0.15) is 34.6 Å². The highest BCUT2D eigenvalue weighted by Crippen LogP contribution is 2.37. The van der Waals surface area contributed by atoms with Crippen LogP contribution >= 0.6 is 0 Å². The quantitative estimate of drug-likeness (QED) is 0.593. The first kappa shape index (κ1) is 14.9. The van der Waals surface area contributed by atoms with Crippen LogP contribution in [0.25, 0.3) is 0 Å². The topological polar surface area (TPSA) is 29.5 Å². The second kappa shape index (κ2) is 4.40. The van der Waals surface area contributed by atoms with Crippen LogP contribution < -0.4 is 0 Å². The normalized spacial score (nSPS) is 14.1. The van der Waals surface area contributed by atoms with Crippen molar-refractivity contribution >= 4 is 8.32 Å². The Morgan fingerprint density at radius 3 is 1.87 bits per heavy atom. The van der Waals surface area contributed by atoms with Crippen molar-refractivity contribution < 1.29 is 9.53 Å². The molecule has 0 aliphatic rings. The van der Waals surface area contributed by atoms with Gasteiger partial charge < -0.3 is 9.53 Å². The van der Waals surface area contributed by atoms with Crippen molar-refractivity contribution in [2.24, 2.45) is 0 Å². The minimum atomic E-state index is -1.72. The molecule has 0 rings (SSSR count). The highest BCUT2D eigenvalue weighted by molar-refractivity contribution is 6.74. The average molecular weight is 230 g/mol. The van der Waals surface area contributed by atoms with Crippen LogP contribution in [0.2, 0.25) is 18.1 Å². The molecule has 1 N–H and O–H groups in total. The molecule has 0 aliphatic carbocycles. The van der Waals surface area contributed by atoms with Gasteiger partial charge in [0.15, 0.2) is 8.32 Å². The molecule has 90 valence electrons. The standard InChI is InChI=1S/C12H26O2Si/c1-10(12(5,6)13)9-14-15(7,8)11(2,3)4/h13H,1,9H2,2-8H3. The number of hydrogen-bond acceptors (Lipinski definition) is 2. The van der Waals surface area contributed by atoms with E-state index >= 15 is 0 Å². The molecule has 0 atom stereocenters. The third-order valence-electron chi connectivity index (χ3n) is 3.28. The summed E-state index contributed by atoms with van der Waals surface area (Å²) in [6, 6.07) is 0. The summed E-state index contributed by atoms with van der Waals surface area (Å²) < 4.78 is 5.96. The Bertz CT molecular complexity index is 231. The van der Waals surface area contributed by atoms with Crippen LogP contribution in [0, 0.1) is 0 Å². The van der Waals surface area contributed by atoms with Gasteiger partial charge in [0.25, 0.3) is 0 Å². The summed E-state index contributed by atoms with van der Waals surface area (Å²) in [6.45, 7) is 18.8. The predicted molar refractivity (Wildman–Crippen MR) is 68.6 cm³/mol. The largest absolute Gasteiger partial charge is 0.413 e. The van der Waals surface area contributed by atoms with Crippen molar-refractivity contribution in [3.8, 4) is 0 Å². The maximum absolute atomic E-state index is 9.72. The first-order chi connectivity index (χ1) is 6.38. The fourth-order valence-corrected chi connectivity index (χ4v) is 1.63. The maximum atomic E-state index is 9.72. The Morgan fingerprint density at radius 1 is 1.20 bits per heavy atom. The van der Waals surface area contributed by atoms with E-state index < -0.39 is 13.9 Å². The van der Waals surface area contributed by atoms with Crippen molar-refractivity contribution in [2.45, 2.75) is 58.4 Å². The molecule has 0 saturated carbocycles. The molecule has 0 saturated heterocycles. The number of rotatable bonds is 4. The molecule has 0 radical (unpaired) electrons. The molecule has 0 unspecified atom stereocenters. The van der Waals surface area contributed by atoms with Crippen LogP contribution in [0.4, 0.5) is 0 Å². The lowest BCUT2D eigenvalue weighted by Gasteiger charge is -2.37. The fourth-order valence-electron chi connectivity index (χ4n) is 0.661. The first-order valence-corrected chi connectivity index (χ1v) is 8.33. The lowest BCUT2D eigenvalue weighted by atomic mass is 10.0. The molecule has 15 heavy (non-hydrogen) atoms. The van der Waals surface area contributed by atoms with E-state index in [0.29, 0.717) is 6.61 Å². The van der Waals surface area contributed by atoms with Crippen LogP contribution in [0.15, 0.2) is 12.2 Å². The van der Waals surface area contributed by atoms with Gasteiger partial charge in [0, 0.05) is 0 Å². The second-order valence-corrected chi connectivity index (χ2v) is 11.0. The summed E-state index contributed by atoms with van der Waals surface area (Å²) in [4.78, 5) is 0. The van der Waals surface area contributed by atoms with Gasteiger partial charge in [-0.25, -0.2) is 0 Å². The molecule has 0 aromatic rings. The smallest absolute Gasteiger partial charge is 0.192 e. The van der Waals surface area contributed by atoms with Crippen LogP contribution in [0.5, 0.6) is 0 Å². The van der Waals surface area contributed by atoms with Crippen molar-refractivity contribution in [1.82, 2.24) is 0 Å². The van der Waals surface area contributed by atoms with E-state index in [-0.39, 0.29) is 5.04 Å². The SMILES string of the molecule is C=C(CO[Si](C)(C)C(C)(C)C)C(C)(C)O. The fraction of sp³-hybridized carbons (Fsp3) is 0.833. The third kappa shape index (κ3) is 4.49. The Labute approximate surface area is 95.5 Å². The van der Waals surface area contributed by atoms with E-state index in [2.05, 4.69) is 40.4 Å². The van der Waals surface area contributed by atoms with E-state index in [9.17, 15) is 5.11 Å². The molecule has 3 heteroatoms. The summed E-state index contributed by atoms with van der Waals surface area (Å²) in [5, 5.41) is 9.92. The summed E-state index contributed by atoms with van der Waals surface area (Å²) >= 11 is 0. The zero-order valence-corrected chi connectivity index (χ0v) is 12.3. The molecule has 0 heterocycles. The number of hydrogen-bond donors (Lipinski definition) is 1. The molecule has 0 fully saturated rings. The molecule has 0 amide bonds. The Balaban J connectivity index is 4.36. The number of aliphatic hydroxyl groups is 1. The van der Waals surface area contributed by atoms with Gasteiger partial charge in [0.1, 0.15) is 0 Å². The molecule has 2 nitrogen and oxygen atoms in total. The Morgan fingerprint density at radius 2 is 1.60 bits per heavy atom. The van der Waals surface area contributed by atoms with E-state index in [1.54, 1.807) is 13.8 Å². The van der Waals surface area contributed by atoms with E-state index in [1.807, 2.05) is 0 Å². The lowest BCUT2D eigenvalue weighted by Crippen LogP contribution is -2.42. The second-order valence-electron chi connectivity index (χ2n) is 6.21. The summed E-state index contributed by atoms with van der Waals surface area (Å²) in [5.74, 6) is 0. The highest BCUT2D eigenvalue weighted by Gasteiger charge is 2.37. The minimum Gasteiger partial charge on any atom is -0.413 e. The zero-order chi connectivity index (χ0) is 12.5. The molecule has 0 spiro atoms. The predicted octanol–water partition coefficient (Wildman–Crippen LogP) is 3.34. The Kier molecular flexibility index (Phi) is 4.36. The van der Waals surface area contributed by atoms with Gasteiger partial charge in [-0.1, -0.05) is 27.4 Å². The zero-order valence-electron chi connectivity index (χ0n) is 11.3. The van der Waals surface area contributed by atoms with Gasteiger partial charge in [-0.3, -0.25) is 0 Å². The molecule has 0 aromatic carbocycles. The van der Waals surface area contributed by atoms with Gasteiger partial charge in [-0.05, 0) is 37.6 Å². The minimum absolute atomic E-state index is 0.201. The van der Waals surface area contributed by atoms with Crippen LogP contribution in [-0.2, 0) is 4.43 Å². The van der Waals surface area contributed by atoms with Gasteiger partial charge in [0.2, 0.25) is 0 Å². The summed E-state index contributed by atoms with van der Waals surface area (Å²) in [5.41, 5.74) is -0.102. The highest BCUT2D eigenvalue weighted by atomic mass is 28.4. The molecule has 0 aromatic heterocycles. The summed E-state index contributed by atoms with van der Waals surface area (Å²) in [6.07, 6.45) is 0. The van der Waals surface area contributed by atoms with Gasteiger partial charge >= 0.3 is 0 Å². The molecule has 0 bridgehead atoms. The van der Waals surface area contributed by atoms with Crippen LogP contribution in [-0.4, -0.2) is 25.6 Å². The third-order valence-corrected chi connectivity index (χ3v) is 7.76. The van der Waals surface area contributed by atoms with Gasteiger partial charge in [-0.2, -0.15) is 0 Å². The molecular formula is C12H26O2Si. The van der Waals surface area contributed by atoms with Gasteiger partial charge in [-0.15, -0.1) is 0 Å². The first-order valence-electron chi connectivity index (χ1n) is 5.42. The van der Waals surface area contributed by atoms with E-state index in [1.165, 1.54) is 0 Å². The Hall–Kier alpha value is -0.123. The lowest BCUT2D eigenvalue weighted by molar-refractivity contribution is 0.106. The van der Waals surface area contributed by atoms with Crippen molar-refractivity contribution in [3.05, 3.63) is 12.2 Å². The van der Waals surface area contributed by atoms with Crippen molar-refractivity contribution in [2.75, 3.05) is 6.61 Å². The maximum Gasteiger partial charge on any atom is 0.192 e. The van der Waals surface area contributed by atoms with Crippen molar-refractivity contribution in [3.63, 3.8) is 0 Å². The van der Waals surface area contributed by atoms with E-state index in [0.717, 1.165) is 5.57 Å². The van der Waals surface area contributed by atoms with E-state index in [4.69, 9.17) is 4.43 Å². The average Bonchev–Trinajstić information content (AvgIpc) is 1.96.